The molecule has 2 N–H and O–H groups in total. The standard InChI is InChI=1S/C25H24F3N7S/c1-14-19(6-7-21(30-14)35(3)17-8-9-34(2)13-17)32-24-29-12-15-10-22(36)31-20-11-16(25(26,27)28)4-5-18(20)23(15)33-24/h4-8,11-12H,9-10,13H2,1-3H3,(H,31,36)(H,29,32,33). The number of aryl methyl sites for hydroxylation is 1. The number of hydrogen-bond donors (Lipinski definition) is 2. The Morgan fingerprint density at radius 2 is 1.97 bits per heavy atom. The molecule has 0 bridgehead atoms. The normalized spacial score (nSPS) is 15.5. The predicted molar refractivity (Wildman–Crippen MR) is 139 cm³/mol. The summed E-state index contributed by atoms with van der Waals surface area (Å²) < 4.78 is 39.8. The quantitative estimate of drug-likeness (QED) is 0.465. The molecular weight excluding hydrogens is 487 g/mol. The molecule has 0 saturated carbocycles. The van der Waals surface area contributed by atoms with E-state index >= 15 is 0 Å². The van der Waals surface area contributed by atoms with Gasteiger partial charge in [-0.05, 0) is 44.3 Å². The van der Waals surface area contributed by atoms with Gasteiger partial charge < -0.3 is 15.5 Å². The number of nitrogens with one attached hydrogen (secondary N) is 2. The summed E-state index contributed by atoms with van der Waals surface area (Å²) in [4.78, 5) is 18.5. The SMILES string of the molecule is Cc1nc(N(C)C2=CCN(C)C2)ccc1Nc1ncc2c(n1)-c1ccc(C(F)(F)F)cc1NC(=S)C2. The molecule has 0 aliphatic carbocycles. The van der Waals surface area contributed by atoms with Crippen LogP contribution in [0.2, 0.25) is 0 Å². The maximum absolute atomic E-state index is 13.3. The van der Waals surface area contributed by atoms with E-state index in [4.69, 9.17) is 17.2 Å². The van der Waals surface area contributed by atoms with E-state index in [1.807, 2.05) is 26.1 Å². The van der Waals surface area contributed by atoms with Crippen molar-refractivity contribution in [3.8, 4) is 11.3 Å². The fourth-order valence-electron chi connectivity index (χ4n) is 4.27. The third-order valence-electron chi connectivity index (χ3n) is 6.25. The van der Waals surface area contributed by atoms with Gasteiger partial charge in [0, 0.05) is 55.3 Å². The minimum absolute atomic E-state index is 0.273. The molecular formula is C25H24F3N7S. The molecule has 0 radical (unpaired) electrons. The second-order valence-corrected chi connectivity index (χ2v) is 9.42. The van der Waals surface area contributed by atoms with E-state index in [1.54, 1.807) is 6.20 Å². The van der Waals surface area contributed by atoms with Crippen molar-refractivity contribution in [1.29, 1.82) is 0 Å². The van der Waals surface area contributed by atoms with Crippen LogP contribution in [0.4, 0.5) is 36.3 Å². The summed E-state index contributed by atoms with van der Waals surface area (Å²) in [6, 6.07) is 7.37. The van der Waals surface area contributed by atoms with E-state index in [-0.39, 0.29) is 5.69 Å². The number of rotatable bonds is 4. The minimum Gasteiger partial charge on any atom is -0.349 e. The molecule has 0 unspecified atom stereocenters. The number of fused-ring (bicyclic) bond motifs is 3. The summed E-state index contributed by atoms with van der Waals surface area (Å²) in [5.41, 5.74) is 4.01. The summed E-state index contributed by atoms with van der Waals surface area (Å²) in [6.07, 6.45) is -0.295. The predicted octanol–water partition coefficient (Wildman–Crippen LogP) is 5.17. The number of thiocarbonyl (C=S) groups is 1. The summed E-state index contributed by atoms with van der Waals surface area (Å²) in [5, 5.41) is 6.13. The molecule has 5 rings (SSSR count). The lowest BCUT2D eigenvalue weighted by Crippen LogP contribution is -2.23. The first-order chi connectivity index (χ1) is 17.1. The summed E-state index contributed by atoms with van der Waals surface area (Å²) in [5.74, 6) is 1.15. The van der Waals surface area contributed by atoms with Gasteiger partial charge in [0.2, 0.25) is 5.95 Å². The number of anilines is 4. The second kappa shape index (κ2) is 9.14. The Kier molecular flexibility index (Phi) is 6.13. The van der Waals surface area contributed by atoms with Gasteiger partial charge in [-0.3, -0.25) is 4.90 Å². The van der Waals surface area contributed by atoms with Crippen LogP contribution in [0.25, 0.3) is 11.3 Å². The molecule has 11 heteroatoms. The van der Waals surface area contributed by atoms with Crippen LogP contribution in [-0.4, -0.2) is 52.0 Å². The first-order valence-corrected chi connectivity index (χ1v) is 11.7. The number of alkyl halides is 3. The maximum Gasteiger partial charge on any atom is 0.416 e. The minimum atomic E-state index is -4.46. The van der Waals surface area contributed by atoms with Crippen molar-refractivity contribution in [1.82, 2.24) is 19.9 Å². The Hall–Kier alpha value is -3.57. The number of aromatic nitrogens is 3. The van der Waals surface area contributed by atoms with E-state index in [0.717, 1.165) is 48.0 Å². The largest absolute Gasteiger partial charge is 0.416 e. The lowest BCUT2D eigenvalue weighted by atomic mass is 10.0. The molecule has 7 nitrogen and oxygen atoms in total. The zero-order valence-electron chi connectivity index (χ0n) is 19.9. The molecule has 0 amide bonds. The van der Waals surface area contributed by atoms with Crippen LogP contribution in [0.15, 0.2) is 48.3 Å². The second-order valence-electron chi connectivity index (χ2n) is 8.93. The molecule has 0 spiro atoms. The zero-order chi connectivity index (χ0) is 25.6. The van der Waals surface area contributed by atoms with Crippen molar-refractivity contribution < 1.29 is 13.2 Å². The van der Waals surface area contributed by atoms with Crippen LogP contribution < -0.4 is 15.5 Å². The fraction of sp³-hybridized carbons (Fsp3) is 0.280. The van der Waals surface area contributed by atoms with Gasteiger partial charge in [0.15, 0.2) is 0 Å². The van der Waals surface area contributed by atoms with E-state index in [2.05, 4.69) is 43.5 Å². The fourth-order valence-corrected chi connectivity index (χ4v) is 4.54. The monoisotopic (exact) mass is 511 g/mol. The summed E-state index contributed by atoms with van der Waals surface area (Å²) >= 11 is 5.33. The number of pyridine rings is 1. The van der Waals surface area contributed by atoms with Crippen molar-refractivity contribution in [3.05, 3.63) is 65.1 Å². The van der Waals surface area contributed by atoms with Crippen molar-refractivity contribution >= 4 is 40.3 Å². The molecule has 3 aromatic rings. The van der Waals surface area contributed by atoms with Crippen molar-refractivity contribution in [3.63, 3.8) is 0 Å². The first kappa shape index (κ1) is 24.1. The average Bonchev–Trinajstić information content (AvgIpc) is 3.20. The van der Waals surface area contributed by atoms with Crippen LogP contribution >= 0.6 is 12.2 Å². The van der Waals surface area contributed by atoms with Crippen molar-refractivity contribution in [2.75, 3.05) is 42.7 Å². The Labute approximate surface area is 212 Å². The Bertz CT molecular complexity index is 1390. The molecule has 0 fully saturated rings. The van der Waals surface area contributed by atoms with Crippen LogP contribution in [0.1, 0.15) is 16.8 Å². The molecule has 186 valence electrons. The topological polar surface area (TPSA) is 69.2 Å². The van der Waals surface area contributed by atoms with E-state index in [0.29, 0.717) is 28.6 Å². The molecule has 2 aromatic heterocycles. The zero-order valence-corrected chi connectivity index (χ0v) is 20.8. The molecule has 0 atom stereocenters. The first-order valence-electron chi connectivity index (χ1n) is 11.3. The van der Waals surface area contributed by atoms with E-state index in [9.17, 15) is 13.2 Å². The highest BCUT2D eigenvalue weighted by atomic mass is 32.1. The van der Waals surface area contributed by atoms with Crippen LogP contribution in [-0.2, 0) is 12.6 Å². The summed E-state index contributed by atoms with van der Waals surface area (Å²) in [7, 11) is 4.07. The summed E-state index contributed by atoms with van der Waals surface area (Å²) in [6.45, 7) is 3.67. The molecule has 1 aromatic carbocycles. The average molecular weight is 512 g/mol. The van der Waals surface area contributed by atoms with Crippen LogP contribution in [0.3, 0.4) is 0 Å². The Morgan fingerprint density at radius 3 is 2.67 bits per heavy atom. The van der Waals surface area contributed by atoms with Gasteiger partial charge in [0.05, 0.1) is 27.6 Å². The molecule has 4 heterocycles. The number of benzene rings is 1. The highest BCUT2D eigenvalue weighted by Crippen LogP contribution is 2.38. The third-order valence-corrected chi connectivity index (χ3v) is 6.50. The highest BCUT2D eigenvalue weighted by Gasteiger charge is 2.32. The van der Waals surface area contributed by atoms with Crippen molar-refractivity contribution in [2.24, 2.45) is 0 Å². The number of hydrogen-bond acceptors (Lipinski definition) is 7. The van der Waals surface area contributed by atoms with Gasteiger partial charge in [-0.25, -0.2) is 15.0 Å². The smallest absolute Gasteiger partial charge is 0.349 e. The lowest BCUT2D eigenvalue weighted by molar-refractivity contribution is -0.137. The highest BCUT2D eigenvalue weighted by molar-refractivity contribution is 7.80. The van der Waals surface area contributed by atoms with Gasteiger partial charge in [-0.1, -0.05) is 18.3 Å². The molecule has 36 heavy (non-hydrogen) atoms. The Balaban J connectivity index is 1.44. The van der Waals surface area contributed by atoms with Gasteiger partial charge in [0.25, 0.3) is 0 Å². The lowest BCUT2D eigenvalue weighted by Gasteiger charge is -2.21. The Morgan fingerprint density at radius 1 is 1.17 bits per heavy atom. The van der Waals surface area contributed by atoms with Crippen LogP contribution in [0.5, 0.6) is 0 Å². The van der Waals surface area contributed by atoms with Crippen molar-refractivity contribution in [2.45, 2.75) is 19.5 Å². The van der Waals surface area contributed by atoms with Gasteiger partial charge >= 0.3 is 6.18 Å². The van der Waals surface area contributed by atoms with Gasteiger partial charge in [0.1, 0.15) is 5.82 Å². The van der Waals surface area contributed by atoms with E-state index in [1.165, 1.54) is 11.8 Å². The van der Waals surface area contributed by atoms with Crippen LogP contribution in [0, 0.1) is 6.92 Å². The van der Waals surface area contributed by atoms with E-state index < -0.39 is 11.7 Å². The molecule has 2 aliphatic rings. The van der Waals surface area contributed by atoms with Gasteiger partial charge in [-0.2, -0.15) is 13.2 Å². The third kappa shape index (κ3) is 4.76. The molecule has 0 saturated heterocycles. The molecule has 2 aliphatic heterocycles. The van der Waals surface area contributed by atoms with Gasteiger partial charge in [-0.15, -0.1) is 0 Å². The number of nitrogens with zero attached hydrogens (tertiary/aromatic N) is 5. The number of halogens is 3. The number of likely N-dealkylation sites (N-methyl/N-ethyl adjacent to an activating group) is 2. The maximum atomic E-state index is 13.3.